The Bertz CT molecular complexity index is 496. The van der Waals surface area contributed by atoms with Crippen molar-refractivity contribution >= 4 is 5.78 Å². The first-order valence-electron chi connectivity index (χ1n) is 9.52. The molecule has 4 fully saturated rings. The van der Waals surface area contributed by atoms with Crippen LogP contribution in [0.3, 0.4) is 0 Å². The highest BCUT2D eigenvalue weighted by atomic mass is 16.3. The molecule has 0 saturated heterocycles. The smallest absolute Gasteiger partial charge is 0.133 e. The third-order valence-electron chi connectivity index (χ3n) is 9.04. The van der Waals surface area contributed by atoms with Crippen molar-refractivity contribution in [1.82, 2.24) is 0 Å². The highest BCUT2D eigenvalue weighted by Crippen LogP contribution is 2.67. The van der Waals surface area contributed by atoms with Crippen LogP contribution < -0.4 is 0 Å². The molecule has 4 saturated carbocycles. The summed E-state index contributed by atoms with van der Waals surface area (Å²) in [6.45, 7) is 6.94. The van der Waals surface area contributed by atoms with Gasteiger partial charge in [-0.2, -0.15) is 0 Å². The normalized spacial score (nSPS) is 57.9. The summed E-state index contributed by atoms with van der Waals surface area (Å²) in [5.74, 6) is 3.44. The summed E-state index contributed by atoms with van der Waals surface area (Å²) in [6, 6.07) is 0. The fraction of sp³-hybridized carbons (Fsp3) is 0.950. The molecular formula is C20H32O2. The van der Waals surface area contributed by atoms with Gasteiger partial charge in [-0.15, -0.1) is 0 Å². The SMILES string of the molecule is CC1(O)CC[C@H]2[C@@H]3CCC4CC(=O)CC[C@]4(C)[C@H]3CC[C@@]21C. The standard InChI is InChI=1S/C20H32O2/c1-18-9-6-14(21)12-13(18)4-5-15-16(18)7-10-19(2)17(15)8-11-20(19,3)22/h13,15-17,22H,4-12H2,1-3H3/t13?,15-,16+,17+,18+,19+,20?/m1/s1. The highest BCUT2D eigenvalue weighted by Gasteiger charge is 2.63. The van der Waals surface area contributed by atoms with Crippen molar-refractivity contribution in [1.29, 1.82) is 0 Å². The molecule has 0 aromatic heterocycles. The average molecular weight is 304 g/mol. The molecule has 1 N–H and O–H groups in total. The minimum atomic E-state index is -0.469. The number of Topliss-reactive ketones (excluding diaryl/α,β-unsaturated/α-hetero) is 1. The summed E-state index contributed by atoms with van der Waals surface area (Å²) >= 11 is 0. The largest absolute Gasteiger partial charge is 0.390 e. The predicted molar refractivity (Wildman–Crippen MR) is 87.4 cm³/mol. The molecule has 0 radical (unpaired) electrons. The van der Waals surface area contributed by atoms with Crippen LogP contribution in [-0.4, -0.2) is 16.5 Å². The zero-order valence-corrected chi connectivity index (χ0v) is 14.5. The maximum Gasteiger partial charge on any atom is 0.133 e. The Morgan fingerprint density at radius 3 is 2.45 bits per heavy atom. The van der Waals surface area contributed by atoms with Gasteiger partial charge >= 0.3 is 0 Å². The van der Waals surface area contributed by atoms with Crippen molar-refractivity contribution in [3.8, 4) is 0 Å². The Balaban J connectivity index is 1.65. The van der Waals surface area contributed by atoms with Crippen LogP contribution in [0.15, 0.2) is 0 Å². The number of hydrogen-bond acceptors (Lipinski definition) is 2. The number of fused-ring (bicyclic) bond motifs is 5. The Morgan fingerprint density at radius 1 is 0.955 bits per heavy atom. The predicted octanol–water partition coefficient (Wildman–Crippen LogP) is 4.35. The third kappa shape index (κ3) is 1.79. The molecule has 0 aromatic rings. The van der Waals surface area contributed by atoms with E-state index in [1.165, 1.54) is 32.1 Å². The van der Waals surface area contributed by atoms with Crippen molar-refractivity contribution in [3.63, 3.8) is 0 Å². The van der Waals surface area contributed by atoms with Crippen LogP contribution in [0.2, 0.25) is 0 Å². The average Bonchev–Trinajstić information content (AvgIpc) is 2.70. The van der Waals surface area contributed by atoms with Gasteiger partial charge in [-0.05, 0) is 86.4 Å². The molecule has 4 rings (SSSR count). The van der Waals surface area contributed by atoms with Crippen molar-refractivity contribution < 1.29 is 9.90 Å². The Hall–Kier alpha value is -0.370. The van der Waals surface area contributed by atoms with E-state index in [2.05, 4.69) is 20.8 Å². The van der Waals surface area contributed by atoms with Crippen LogP contribution in [0.1, 0.15) is 78.6 Å². The van der Waals surface area contributed by atoms with Gasteiger partial charge in [-0.3, -0.25) is 4.79 Å². The number of ketones is 1. The van der Waals surface area contributed by atoms with E-state index in [0.29, 0.717) is 23.0 Å². The topological polar surface area (TPSA) is 37.3 Å². The van der Waals surface area contributed by atoms with Gasteiger partial charge in [0.1, 0.15) is 5.78 Å². The van der Waals surface area contributed by atoms with E-state index in [-0.39, 0.29) is 5.41 Å². The Kier molecular flexibility index (Phi) is 3.16. The second kappa shape index (κ2) is 4.59. The molecular weight excluding hydrogens is 272 g/mol. The van der Waals surface area contributed by atoms with Crippen LogP contribution >= 0.6 is 0 Å². The summed E-state index contributed by atoms with van der Waals surface area (Å²) in [4.78, 5) is 11.9. The first kappa shape index (κ1) is 15.2. The molecule has 0 aliphatic heterocycles. The van der Waals surface area contributed by atoms with Gasteiger partial charge in [-0.25, -0.2) is 0 Å². The van der Waals surface area contributed by atoms with Crippen LogP contribution in [0.4, 0.5) is 0 Å². The second-order valence-corrected chi connectivity index (χ2v) is 9.67. The lowest BCUT2D eigenvalue weighted by Crippen LogP contribution is -2.55. The number of aliphatic hydroxyl groups is 1. The molecule has 4 aliphatic carbocycles. The molecule has 0 spiro atoms. The summed E-state index contributed by atoms with van der Waals surface area (Å²) < 4.78 is 0. The zero-order chi connectivity index (χ0) is 15.8. The fourth-order valence-corrected chi connectivity index (χ4v) is 7.29. The number of carbonyl (C=O) groups excluding carboxylic acids is 1. The van der Waals surface area contributed by atoms with E-state index in [1.54, 1.807) is 0 Å². The van der Waals surface area contributed by atoms with Gasteiger partial charge in [0.15, 0.2) is 0 Å². The zero-order valence-electron chi connectivity index (χ0n) is 14.5. The molecule has 0 amide bonds. The van der Waals surface area contributed by atoms with E-state index >= 15 is 0 Å². The molecule has 4 aliphatic rings. The highest BCUT2D eigenvalue weighted by molar-refractivity contribution is 5.79. The fourth-order valence-electron chi connectivity index (χ4n) is 7.29. The van der Waals surface area contributed by atoms with Crippen molar-refractivity contribution in [2.45, 2.75) is 84.2 Å². The van der Waals surface area contributed by atoms with Crippen LogP contribution in [0.25, 0.3) is 0 Å². The number of carbonyl (C=O) groups is 1. The monoisotopic (exact) mass is 304 g/mol. The summed E-state index contributed by atoms with van der Waals surface area (Å²) in [7, 11) is 0. The number of hydrogen-bond donors (Lipinski definition) is 1. The molecule has 7 atom stereocenters. The quantitative estimate of drug-likeness (QED) is 0.722. The third-order valence-corrected chi connectivity index (χ3v) is 9.04. The molecule has 22 heavy (non-hydrogen) atoms. The van der Waals surface area contributed by atoms with E-state index in [4.69, 9.17) is 0 Å². The lowest BCUT2D eigenvalue weighted by atomic mass is 9.44. The minimum absolute atomic E-state index is 0.127. The lowest BCUT2D eigenvalue weighted by molar-refractivity contribution is -0.152. The van der Waals surface area contributed by atoms with Crippen LogP contribution in [0.5, 0.6) is 0 Å². The number of rotatable bonds is 0. The lowest BCUT2D eigenvalue weighted by Gasteiger charge is -2.60. The molecule has 2 heteroatoms. The summed E-state index contributed by atoms with van der Waals surface area (Å²) in [5, 5.41) is 10.9. The van der Waals surface area contributed by atoms with Gasteiger partial charge < -0.3 is 5.11 Å². The van der Waals surface area contributed by atoms with Gasteiger partial charge in [0.2, 0.25) is 0 Å². The second-order valence-electron chi connectivity index (χ2n) is 9.67. The molecule has 0 aromatic carbocycles. The van der Waals surface area contributed by atoms with Crippen LogP contribution in [-0.2, 0) is 4.79 Å². The molecule has 2 unspecified atom stereocenters. The summed E-state index contributed by atoms with van der Waals surface area (Å²) in [5.41, 5.74) is 0.0530. The first-order chi connectivity index (χ1) is 10.3. The van der Waals surface area contributed by atoms with Gasteiger partial charge in [0.25, 0.3) is 0 Å². The van der Waals surface area contributed by atoms with Gasteiger partial charge in [0.05, 0.1) is 5.60 Å². The molecule has 124 valence electrons. The molecule has 2 nitrogen and oxygen atoms in total. The van der Waals surface area contributed by atoms with Gasteiger partial charge in [-0.1, -0.05) is 13.8 Å². The van der Waals surface area contributed by atoms with Gasteiger partial charge in [0, 0.05) is 12.8 Å². The molecule has 0 bridgehead atoms. The maximum absolute atomic E-state index is 11.9. The Labute approximate surface area is 135 Å². The first-order valence-corrected chi connectivity index (χ1v) is 9.52. The minimum Gasteiger partial charge on any atom is -0.390 e. The van der Waals surface area contributed by atoms with E-state index < -0.39 is 5.60 Å². The van der Waals surface area contributed by atoms with Crippen molar-refractivity contribution in [2.24, 2.45) is 34.5 Å². The van der Waals surface area contributed by atoms with E-state index in [0.717, 1.165) is 37.5 Å². The Morgan fingerprint density at radius 2 is 1.68 bits per heavy atom. The van der Waals surface area contributed by atoms with Crippen LogP contribution in [0, 0.1) is 34.5 Å². The van der Waals surface area contributed by atoms with Crippen molar-refractivity contribution in [2.75, 3.05) is 0 Å². The van der Waals surface area contributed by atoms with E-state index in [9.17, 15) is 9.90 Å². The van der Waals surface area contributed by atoms with Crippen molar-refractivity contribution in [3.05, 3.63) is 0 Å². The maximum atomic E-state index is 11.9. The van der Waals surface area contributed by atoms with E-state index in [1.807, 2.05) is 0 Å². The molecule has 0 heterocycles. The summed E-state index contributed by atoms with van der Waals surface area (Å²) in [6.07, 6.45) is 9.98.